The highest BCUT2D eigenvalue weighted by molar-refractivity contribution is 7.99. The molecule has 6 heterocycles. The van der Waals surface area contributed by atoms with Crippen LogP contribution in [0.25, 0.3) is 11.0 Å². The van der Waals surface area contributed by atoms with Crippen molar-refractivity contribution in [1.29, 1.82) is 0 Å². The van der Waals surface area contributed by atoms with E-state index in [9.17, 15) is 9.18 Å². The minimum atomic E-state index is -0.334. The molecule has 3 aliphatic heterocycles. The van der Waals surface area contributed by atoms with Gasteiger partial charge in [0.15, 0.2) is 5.75 Å². The smallest absolute Gasteiger partial charge is 0.251 e. The third kappa shape index (κ3) is 3.88. The van der Waals surface area contributed by atoms with Crippen LogP contribution in [0.1, 0.15) is 23.6 Å². The van der Waals surface area contributed by atoms with Crippen LogP contribution in [0.4, 0.5) is 4.39 Å². The summed E-state index contributed by atoms with van der Waals surface area (Å²) in [6, 6.07) is 5.48. The van der Waals surface area contributed by atoms with E-state index in [0.717, 1.165) is 35.8 Å². The van der Waals surface area contributed by atoms with Crippen LogP contribution in [-0.4, -0.2) is 64.3 Å². The molecule has 34 heavy (non-hydrogen) atoms. The molecule has 0 spiro atoms. The first-order valence-corrected chi connectivity index (χ1v) is 12.5. The fraction of sp³-hybridized carbons (Fsp3) is 0.458. The third-order valence-corrected chi connectivity index (χ3v) is 7.96. The maximum atomic E-state index is 14.8. The van der Waals surface area contributed by atoms with Crippen LogP contribution in [0.3, 0.4) is 0 Å². The van der Waals surface area contributed by atoms with Gasteiger partial charge in [0, 0.05) is 56.9 Å². The summed E-state index contributed by atoms with van der Waals surface area (Å²) >= 11 is 1.69. The van der Waals surface area contributed by atoms with E-state index in [4.69, 9.17) is 9.47 Å². The maximum absolute atomic E-state index is 14.8. The van der Waals surface area contributed by atoms with Gasteiger partial charge < -0.3 is 19.4 Å². The predicted octanol–water partition coefficient (Wildman–Crippen LogP) is 2.35. The minimum absolute atomic E-state index is 0.00897. The Hall–Kier alpha value is -2.53. The van der Waals surface area contributed by atoms with Crippen LogP contribution < -0.4 is 15.6 Å². The van der Waals surface area contributed by atoms with Gasteiger partial charge in [0.05, 0.1) is 40.1 Å². The van der Waals surface area contributed by atoms with Crippen molar-refractivity contribution in [3.63, 3.8) is 0 Å². The number of fused-ring (bicyclic) bond motifs is 1. The third-order valence-electron chi connectivity index (χ3n) is 7.09. The highest BCUT2D eigenvalue weighted by atomic mass is 32.2. The van der Waals surface area contributed by atoms with Gasteiger partial charge >= 0.3 is 0 Å². The van der Waals surface area contributed by atoms with Crippen LogP contribution in [0.2, 0.25) is 0 Å². The Morgan fingerprint density at radius 1 is 1.29 bits per heavy atom. The number of piperidine rings is 1. The number of hydrogen-bond donors (Lipinski definition) is 1. The highest BCUT2D eigenvalue weighted by Crippen LogP contribution is 2.36. The summed E-state index contributed by atoms with van der Waals surface area (Å²) in [6.45, 7) is 3.44. The summed E-state index contributed by atoms with van der Waals surface area (Å²) < 4.78 is 27.8. The molecule has 0 aliphatic carbocycles. The van der Waals surface area contributed by atoms with Crippen molar-refractivity contribution >= 4 is 22.8 Å². The second-order valence-electron chi connectivity index (χ2n) is 9.07. The van der Waals surface area contributed by atoms with E-state index in [1.807, 2.05) is 0 Å². The number of thioether (sulfide) groups is 1. The van der Waals surface area contributed by atoms with Crippen molar-refractivity contribution < 1.29 is 13.9 Å². The van der Waals surface area contributed by atoms with Crippen molar-refractivity contribution in [3.05, 3.63) is 58.0 Å². The summed E-state index contributed by atoms with van der Waals surface area (Å²) in [5, 5.41) is 3.61. The van der Waals surface area contributed by atoms with E-state index in [2.05, 4.69) is 26.3 Å². The Labute approximate surface area is 200 Å². The molecule has 178 valence electrons. The van der Waals surface area contributed by atoms with E-state index in [1.165, 1.54) is 12.3 Å². The monoisotopic (exact) mass is 483 g/mol. The number of methoxy groups -OCH3 is 1. The zero-order valence-electron chi connectivity index (χ0n) is 18.9. The summed E-state index contributed by atoms with van der Waals surface area (Å²) in [5.74, 6) is 1.09. The molecule has 0 radical (unpaired) electrons. The van der Waals surface area contributed by atoms with Crippen molar-refractivity contribution in [1.82, 2.24) is 24.8 Å². The van der Waals surface area contributed by atoms with Crippen molar-refractivity contribution in [2.24, 2.45) is 0 Å². The average molecular weight is 484 g/mol. The van der Waals surface area contributed by atoms with Crippen LogP contribution in [0, 0.1) is 5.82 Å². The Morgan fingerprint density at radius 2 is 2.21 bits per heavy atom. The molecule has 0 bridgehead atoms. The minimum Gasteiger partial charge on any atom is -0.480 e. The van der Waals surface area contributed by atoms with E-state index in [-0.39, 0.29) is 29.4 Å². The molecular weight excluding hydrogens is 457 g/mol. The molecule has 3 aromatic heterocycles. The topological polar surface area (TPSA) is 81.5 Å². The molecule has 6 rings (SSSR count). The first kappa shape index (κ1) is 22.0. The lowest BCUT2D eigenvalue weighted by atomic mass is 9.96. The van der Waals surface area contributed by atoms with Gasteiger partial charge in [-0.1, -0.05) is 11.8 Å². The van der Waals surface area contributed by atoms with Gasteiger partial charge in [-0.2, -0.15) is 0 Å². The lowest BCUT2D eigenvalue weighted by Gasteiger charge is -2.39. The number of halogens is 1. The molecule has 1 fully saturated rings. The highest BCUT2D eigenvalue weighted by Gasteiger charge is 2.34. The summed E-state index contributed by atoms with van der Waals surface area (Å²) in [4.78, 5) is 24.5. The normalized spacial score (nSPS) is 23.9. The molecule has 10 heteroatoms. The number of pyridine rings is 3. The first-order valence-electron chi connectivity index (χ1n) is 11.5. The number of nitrogens with one attached hydrogen (secondary N) is 1. The number of likely N-dealkylation sites (tertiary alicyclic amines) is 1. The molecule has 0 amide bonds. The number of nitrogens with zero attached hydrogens (tertiary/aromatic N) is 4. The molecule has 0 saturated carbocycles. The molecular formula is C24H26FN5O3S. The average Bonchev–Trinajstić information content (AvgIpc) is 3.47. The SMILES string of the molecule is CO[C@@H]1CN(C[C@H]2Cn3c(=O)ccc4ncc(F)c2c43)CC[C@@H]1NCc1cc2c(cn1)OCS2. The van der Waals surface area contributed by atoms with Crippen LogP contribution in [0.15, 0.2) is 40.3 Å². The fourth-order valence-corrected chi connectivity index (χ4v) is 6.19. The van der Waals surface area contributed by atoms with E-state index >= 15 is 0 Å². The van der Waals surface area contributed by atoms with E-state index < -0.39 is 0 Å². The van der Waals surface area contributed by atoms with Crippen LogP contribution in [0.5, 0.6) is 5.75 Å². The molecule has 3 atom stereocenters. The predicted molar refractivity (Wildman–Crippen MR) is 127 cm³/mol. The van der Waals surface area contributed by atoms with Gasteiger partial charge in [-0.05, 0) is 25.1 Å². The maximum Gasteiger partial charge on any atom is 0.251 e. The van der Waals surface area contributed by atoms with Crippen LogP contribution >= 0.6 is 11.8 Å². The first-order chi connectivity index (χ1) is 16.6. The largest absolute Gasteiger partial charge is 0.480 e. The van der Waals surface area contributed by atoms with Gasteiger partial charge in [0.25, 0.3) is 5.56 Å². The zero-order valence-corrected chi connectivity index (χ0v) is 19.7. The second kappa shape index (κ2) is 8.92. The lowest BCUT2D eigenvalue weighted by Crippen LogP contribution is -2.54. The Kier molecular flexibility index (Phi) is 5.76. The Balaban J connectivity index is 1.12. The number of rotatable bonds is 6. The molecule has 0 unspecified atom stereocenters. The zero-order chi connectivity index (χ0) is 23.2. The van der Waals surface area contributed by atoms with E-state index in [0.29, 0.717) is 42.2 Å². The van der Waals surface area contributed by atoms with Gasteiger partial charge in [0.2, 0.25) is 0 Å². The van der Waals surface area contributed by atoms with Gasteiger partial charge in [-0.15, -0.1) is 0 Å². The van der Waals surface area contributed by atoms with Crippen LogP contribution in [-0.2, 0) is 17.8 Å². The molecule has 8 nitrogen and oxygen atoms in total. The molecule has 1 saturated heterocycles. The van der Waals surface area contributed by atoms with Gasteiger partial charge in [-0.25, -0.2) is 4.39 Å². The second-order valence-corrected chi connectivity index (χ2v) is 10.0. The summed E-state index contributed by atoms with van der Waals surface area (Å²) in [7, 11) is 1.74. The van der Waals surface area contributed by atoms with Crippen molar-refractivity contribution in [2.45, 2.75) is 42.5 Å². The molecule has 3 aliphatic rings. The van der Waals surface area contributed by atoms with Crippen molar-refractivity contribution in [2.75, 3.05) is 32.7 Å². The van der Waals surface area contributed by atoms with Crippen molar-refractivity contribution in [3.8, 4) is 5.75 Å². The molecule has 1 N–H and O–H groups in total. The number of hydrogen-bond acceptors (Lipinski definition) is 8. The molecule has 3 aromatic rings. The fourth-order valence-electron chi connectivity index (χ4n) is 5.40. The number of ether oxygens (including phenoxy) is 2. The number of aromatic nitrogens is 3. The van der Waals surface area contributed by atoms with Gasteiger partial charge in [-0.3, -0.25) is 19.7 Å². The van der Waals surface area contributed by atoms with Gasteiger partial charge in [0.1, 0.15) is 11.8 Å². The Morgan fingerprint density at radius 3 is 3.09 bits per heavy atom. The Bertz CT molecular complexity index is 1300. The quantitative estimate of drug-likeness (QED) is 0.572. The standard InChI is InChI=1S/C24H26FN5O3S/c1-32-20-12-29(5-4-17(20)27-7-15-6-21-19(9-26-15)33-13-34-21)10-14-11-30-22(31)3-2-18-24(30)23(14)16(25)8-28-18/h2-3,6,8-9,14,17,20,27H,4-5,7,10-13H2,1H3/t14-,17-,20+/m0/s1. The summed E-state index contributed by atoms with van der Waals surface area (Å²) in [6.07, 6.45) is 3.99. The lowest BCUT2D eigenvalue weighted by molar-refractivity contribution is 0.00324. The summed E-state index contributed by atoms with van der Waals surface area (Å²) in [5.41, 5.74) is 2.80. The molecule has 0 aromatic carbocycles. The van der Waals surface area contributed by atoms with E-state index in [1.54, 1.807) is 35.7 Å².